The quantitative estimate of drug-likeness (QED) is 0.501. The highest BCUT2D eigenvalue weighted by atomic mass is 28.4. The average Bonchev–Trinajstić information content (AvgIpc) is 3.20. The Morgan fingerprint density at radius 3 is 2.21 bits per heavy atom. The van der Waals surface area contributed by atoms with Crippen molar-refractivity contribution in [1.29, 1.82) is 5.26 Å². The van der Waals surface area contributed by atoms with Crippen molar-refractivity contribution in [2.45, 2.75) is 70.1 Å². The zero-order valence-electron chi connectivity index (χ0n) is 20.0. The molecule has 182 valence electrons. The van der Waals surface area contributed by atoms with E-state index in [2.05, 4.69) is 33.9 Å². The molecule has 0 radical (unpaired) electrons. The van der Waals surface area contributed by atoms with Crippen LogP contribution in [0.2, 0.25) is 18.1 Å². The Hall–Kier alpha value is -2.90. The van der Waals surface area contributed by atoms with Crippen molar-refractivity contribution in [2.24, 2.45) is 0 Å². The van der Waals surface area contributed by atoms with Gasteiger partial charge in [-0.05, 0) is 56.3 Å². The average molecular weight is 493 g/mol. The molecule has 3 heterocycles. The highest BCUT2D eigenvalue weighted by Gasteiger charge is 2.62. The van der Waals surface area contributed by atoms with Crippen LogP contribution >= 0.6 is 0 Å². The zero-order chi connectivity index (χ0) is 25.6. The third-order valence-electron chi connectivity index (χ3n) is 7.25. The maximum atomic E-state index is 13.5. The number of nitrogens with zero attached hydrogens (tertiary/aromatic N) is 2. The van der Waals surface area contributed by atoms with Crippen LogP contribution in [0.1, 0.15) is 56.9 Å². The fourth-order valence-corrected chi connectivity index (χ4v) is 5.57. The molecular formula is C24H27F3N2O4Si. The molecule has 2 aromatic rings. The molecule has 2 unspecified atom stereocenters. The van der Waals surface area contributed by atoms with E-state index in [1.54, 1.807) is 19.9 Å². The van der Waals surface area contributed by atoms with Gasteiger partial charge in [-0.3, -0.25) is 4.57 Å². The monoisotopic (exact) mass is 492 g/mol. The summed E-state index contributed by atoms with van der Waals surface area (Å²) in [5.41, 5.74) is -3.69. The molecule has 0 amide bonds. The number of nitriles is 1. The number of fused-ring (bicyclic) bond motifs is 5. The van der Waals surface area contributed by atoms with Crippen LogP contribution in [-0.4, -0.2) is 23.1 Å². The van der Waals surface area contributed by atoms with Gasteiger partial charge in [0, 0.05) is 0 Å². The topological polar surface area (TPSA) is 87.6 Å². The summed E-state index contributed by atoms with van der Waals surface area (Å²) in [6.07, 6.45) is -3.02. The molecule has 2 bridgehead atoms. The Labute approximate surface area is 197 Å². The van der Waals surface area contributed by atoms with Crippen molar-refractivity contribution in [3.05, 3.63) is 52.3 Å². The summed E-state index contributed by atoms with van der Waals surface area (Å²) in [5.74, 6) is -0.363. The van der Waals surface area contributed by atoms with Gasteiger partial charge in [-0.1, -0.05) is 20.8 Å². The summed E-state index contributed by atoms with van der Waals surface area (Å²) in [4.78, 5) is 0. The van der Waals surface area contributed by atoms with Crippen molar-refractivity contribution >= 4 is 8.32 Å². The summed E-state index contributed by atoms with van der Waals surface area (Å²) in [7, 11) is -2.29. The molecule has 1 aromatic heterocycles. The predicted octanol–water partition coefficient (Wildman–Crippen LogP) is 6.16. The van der Waals surface area contributed by atoms with E-state index in [1.807, 2.05) is 0 Å². The second-order valence-corrected chi connectivity index (χ2v) is 15.4. The lowest BCUT2D eigenvalue weighted by Gasteiger charge is -2.39. The Morgan fingerprint density at radius 2 is 1.68 bits per heavy atom. The lowest BCUT2D eigenvalue weighted by molar-refractivity contribution is -0.137. The number of ether oxygens (including phenoxy) is 1. The van der Waals surface area contributed by atoms with E-state index in [9.17, 15) is 23.4 Å². The molecule has 2 aliphatic heterocycles. The van der Waals surface area contributed by atoms with Gasteiger partial charge in [-0.15, -0.1) is 0 Å². The Bertz CT molecular complexity index is 1280. The van der Waals surface area contributed by atoms with Crippen molar-refractivity contribution in [1.82, 2.24) is 4.57 Å². The van der Waals surface area contributed by atoms with Crippen LogP contribution in [-0.2, 0) is 26.5 Å². The van der Waals surface area contributed by atoms with Crippen LogP contribution in [0.25, 0.3) is 5.69 Å². The molecule has 0 aliphatic carbocycles. The van der Waals surface area contributed by atoms with Crippen molar-refractivity contribution in [3.63, 3.8) is 0 Å². The predicted molar refractivity (Wildman–Crippen MR) is 121 cm³/mol. The van der Waals surface area contributed by atoms with Crippen LogP contribution in [0.5, 0.6) is 11.8 Å². The minimum Gasteiger partial charge on any atom is -0.544 e. The number of hydrogen-bond acceptors (Lipinski definition) is 5. The van der Waals surface area contributed by atoms with E-state index in [0.717, 1.165) is 16.7 Å². The summed E-state index contributed by atoms with van der Waals surface area (Å²) in [6, 6.07) is 4.53. The van der Waals surface area contributed by atoms with Gasteiger partial charge < -0.3 is 19.4 Å². The first-order valence-electron chi connectivity index (χ1n) is 10.8. The maximum absolute atomic E-state index is 13.5. The maximum Gasteiger partial charge on any atom is 0.417 e. The smallest absolute Gasteiger partial charge is 0.417 e. The standard InChI is InChI=1S/C24H27F3N2O4Si/c1-21(2,3)34(6,7)32-16-11-22(4)17-18(23(16,5)33-22)20(31)29(19(17)30)14-9-8-13(12-28)15(10-14)24(25,26)27/h8-11,30-31H,1-7H3. The van der Waals surface area contributed by atoms with Crippen molar-refractivity contribution in [3.8, 4) is 23.5 Å². The highest BCUT2D eigenvalue weighted by molar-refractivity contribution is 6.74. The first-order valence-corrected chi connectivity index (χ1v) is 13.7. The van der Waals surface area contributed by atoms with Gasteiger partial charge in [0.1, 0.15) is 11.4 Å². The largest absolute Gasteiger partial charge is 0.544 e. The van der Waals surface area contributed by atoms with E-state index >= 15 is 0 Å². The zero-order valence-corrected chi connectivity index (χ0v) is 21.0. The van der Waals surface area contributed by atoms with Crippen LogP contribution in [0.15, 0.2) is 30.0 Å². The van der Waals surface area contributed by atoms with Crippen LogP contribution < -0.4 is 0 Å². The van der Waals surface area contributed by atoms with Gasteiger partial charge >= 0.3 is 6.18 Å². The number of rotatable bonds is 3. The molecule has 2 aliphatic rings. The third kappa shape index (κ3) is 3.17. The van der Waals surface area contributed by atoms with E-state index in [4.69, 9.17) is 14.4 Å². The molecule has 4 rings (SSSR count). The van der Waals surface area contributed by atoms with Gasteiger partial charge in [-0.25, -0.2) is 0 Å². The van der Waals surface area contributed by atoms with E-state index in [0.29, 0.717) is 5.76 Å². The SMILES string of the molecule is CC12C=C(O[Si](C)(C)C(C)(C)C)C(C)(O1)c1c2c(O)n(-c2ccc(C#N)c(C(F)(F)F)c2)c1O. The lowest BCUT2D eigenvalue weighted by Crippen LogP contribution is -2.42. The van der Waals surface area contributed by atoms with E-state index in [1.165, 1.54) is 12.1 Å². The fraction of sp³-hybridized carbons (Fsp3) is 0.458. The third-order valence-corrected chi connectivity index (χ3v) is 11.6. The minimum atomic E-state index is -4.78. The first-order chi connectivity index (χ1) is 15.4. The highest BCUT2D eigenvalue weighted by Crippen LogP contribution is 2.64. The van der Waals surface area contributed by atoms with E-state index in [-0.39, 0.29) is 21.9 Å². The van der Waals surface area contributed by atoms with Gasteiger partial charge in [0.2, 0.25) is 20.1 Å². The molecule has 6 nitrogen and oxygen atoms in total. The molecule has 34 heavy (non-hydrogen) atoms. The van der Waals surface area contributed by atoms with Crippen LogP contribution in [0, 0.1) is 11.3 Å². The summed E-state index contributed by atoms with van der Waals surface area (Å²) >= 11 is 0. The lowest BCUT2D eigenvalue weighted by atomic mass is 9.84. The molecule has 0 saturated carbocycles. The summed E-state index contributed by atoms with van der Waals surface area (Å²) in [5, 5.41) is 31.2. The molecule has 2 atom stereocenters. The minimum absolute atomic E-state index is 0.109. The van der Waals surface area contributed by atoms with Gasteiger partial charge in [0.25, 0.3) is 0 Å². The fourth-order valence-electron chi connectivity index (χ4n) is 4.46. The Morgan fingerprint density at radius 1 is 1.09 bits per heavy atom. The number of aromatic hydroxyl groups is 2. The molecular weight excluding hydrogens is 465 g/mol. The molecule has 0 fully saturated rings. The second-order valence-electron chi connectivity index (χ2n) is 10.7. The van der Waals surface area contributed by atoms with Crippen LogP contribution in [0.4, 0.5) is 13.2 Å². The molecule has 0 spiro atoms. The molecule has 10 heteroatoms. The second kappa shape index (κ2) is 6.83. The normalized spacial score (nSPS) is 24.1. The van der Waals surface area contributed by atoms with Crippen molar-refractivity contribution < 1.29 is 32.5 Å². The number of aromatic nitrogens is 1. The van der Waals surface area contributed by atoms with E-state index < -0.39 is 48.6 Å². The number of hydrogen-bond donors (Lipinski definition) is 2. The van der Waals surface area contributed by atoms with Gasteiger partial charge in [0.15, 0.2) is 5.60 Å². The number of halogens is 3. The molecule has 1 aromatic carbocycles. The van der Waals surface area contributed by atoms with Gasteiger partial charge in [-0.2, -0.15) is 18.4 Å². The van der Waals surface area contributed by atoms with Gasteiger partial charge in [0.05, 0.1) is 34.0 Å². The Kier molecular flexibility index (Phi) is 4.86. The molecule has 0 saturated heterocycles. The first kappa shape index (κ1) is 24.2. The molecule has 2 N–H and O–H groups in total. The van der Waals surface area contributed by atoms with Crippen molar-refractivity contribution in [2.75, 3.05) is 0 Å². The summed E-state index contributed by atoms with van der Waals surface area (Å²) < 4.78 is 54.3. The summed E-state index contributed by atoms with van der Waals surface area (Å²) in [6.45, 7) is 13.8. The van der Waals surface area contributed by atoms with Crippen LogP contribution in [0.3, 0.4) is 0 Å². The Balaban J connectivity index is 1.88. The number of alkyl halides is 3. The number of benzene rings is 1.